The van der Waals surface area contributed by atoms with Crippen molar-refractivity contribution in [3.05, 3.63) is 56.6 Å². The van der Waals surface area contributed by atoms with Crippen molar-refractivity contribution < 1.29 is 50.3 Å². The van der Waals surface area contributed by atoms with E-state index in [2.05, 4.69) is 41.9 Å². The second kappa shape index (κ2) is 18.4. The molecule has 0 heterocycles. The van der Waals surface area contributed by atoms with E-state index in [1.165, 1.54) is 29.5 Å². The third-order valence-corrected chi connectivity index (χ3v) is 5.72. The average molecular weight is 674 g/mol. The summed E-state index contributed by atoms with van der Waals surface area (Å²) in [6, 6.07) is 8.50. The van der Waals surface area contributed by atoms with Gasteiger partial charge in [-0.05, 0) is 92.2 Å². The van der Waals surface area contributed by atoms with E-state index in [1.807, 2.05) is 26.0 Å². The molecule has 2 aliphatic rings. The molecular weight excluding hydrogens is 633 g/mol. The smallest absolute Gasteiger partial charge is 0.454 e. The van der Waals surface area contributed by atoms with Crippen LogP contribution in [0.5, 0.6) is 0 Å². The van der Waals surface area contributed by atoms with Gasteiger partial charge < -0.3 is 31.7 Å². The van der Waals surface area contributed by atoms with Crippen molar-refractivity contribution >= 4 is 46.4 Å². The summed E-state index contributed by atoms with van der Waals surface area (Å²) in [4.78, 5) is 18.0. The van der Waals surface area contributed by atoms with Gasteiger partial charge in [-0.2, -0.15) is 0 Å². The molecule has 0 amide bonds. The Morgan fingerprint density at radius 3 is 1.30 bits per heavy atom. The van der Waals surface area contributed by atoms with Gasteiger partial charge in [-0.25, -0.2) is 0 Å². The first-order valence-corrected chi connectivity index (χ1v) is 12.5. The van der Waals surface area contributed by atoms with Crippen LogP contribution in [0.15, 0.2) is 28.7 Å². The van der Waals surface area contributed by atoms with E-state index in [9.17, 15) is 0 Å². The van der Waals surface area contributed by atoms with Crippen LogP contribution in [-0.2, 0) is 30.0 Å². The fourth-order valence-corrected chi connectivity index (χ4v) is 3.66. The molecule has 8 N–H and O–H groups in total. The molecule has 0 unspecified atom stereocenters. The molecule has 0 bridgehead atoms. The van der Waals surface area contributed by atoms with Gasteiger partial charge in [0.15, 0.2) is 0 Å². The molecule has 0 spiro atoms. The van der Waals surface area contributed by atoms with Gasteiger partial charge in [0.2, 0.25) is 0 Å². The molecule has 2 saturated carbocycles. The average Bonchev–Trinajstić information content (AvgIpc) is 3.62. The summed E-state index contributed by atoms with van der Waals surface area (Å²) in [6.45, 7) is 10.4. The summed E-state index contributed by atoms with van der Waals surface area (Å²) >= 11 is 3.39. The predicted molar refractivity (Wildman–Crippen MR) is 150 cm³/mol. The number of aryl methyl sites for hydroxylation is 4. The first-order valence-electron chi connectivity index (χ1n) is 11.7. The van der Waals surface area contributed by atoms with Crippen molar-refractivity contribution in [2.24, 2.45) is 0 Å². The molecule has 8 nitrogen and oxygen atoms in total. The molecule has 2 aromatic carbocycles. The number of carbonyl (C=O) groups is 2. The number of nitrogen functional groups attached to an aromatic ring is 2. The van der Waals surface area contributed by atoms with E-state index >= 15 is 0 Å². The molecule has 0 radical (unpaired) electrons. The van der Waals surface area contributed by atoms with Crippen LogP contribution in [0.1, 0.15) is 73.3 Å². The molecule has 37 heavy (non-hydrogen) atoms. The van der Waals surface area contributed by atoms with Gasteiger partial charge in [0, 0.05) is 50.1 Å². The van der Waals surface area contributed by atoms with Gasteiger partial charge in [-0.1, -0.05) is 40.9 Å². The van der Waals surface area contributed by atoms with Crippen molar-refractivity contribution in [1.29, 1.82) is 0 Å². The Morgan fingerprint density at radius 1 is 0.784 bits per heavy atom. The van der Waals surface area contributed by atoms with E-state index in [-0.39, 0.29) is 26.2 Å². The van der Waals surface area contributed by atoms with E-state index in [0.717, 1.165) is 59.6 Å². The number of rotatable bonds is 2. The first kappa shape index (κ1) is 37.3. The van der Waals surface area contributed by atoms with Crippen molar-refractivity contribution in [2.75, 3.05) is 11.5 Å². The third kappa shape index (κ3) is 18.1. The largest absolute Gasteiger partial charge is 0.481 e. The van der Waals surface area contributed by atoms with Gasteiger partial charge in [-0.3, -0.25) is 9.59 Å². The van der Waals surface area contributed by atoms with E-state index in [4.69, 9.17) is 41.3 Å². The molecule has 2 fully saturated rings. The molecule has 2 aliphatic carbocycles. The SMILES string of the molecule is CC(=O)O.CC(=O)O.Cc1cc(Br)cc(C)c1N.Cc1cc(C2CC2)cc(C)c1N.OB(O)C1CC1.[Pd]. The molecule has 0 saturated heterocycles. The molecule has 11 heteroatoms. The zero-order chi connectivity index (χ0) is 28.2. The van der Waals surface area contributed by atoms with Crippen LogP contribution in [0.2, 0.25) is 5.82 Å². The van der Waals surface area contributed by atoms with Crippen molar-refractivity contribution in [3.8, 4) is 0 Å². The van der Waals surface area contributed by atoms with Crippen LogP contribution in [0.4, 0.5) is 11.4 Å². The number of hydrogen-bond acceptors (Lipinski definition) is 6. The molecule has 0 aromatic heterocycles. The molecular formula is C26H40BBrN2O6Pd. The van der Waals surface area contributed by atoms with Crippen molar-refractivity contribution in [3.63, 3.8) is 0 Å². The molecule has 210 valence electrons. The van der Waals surface area contributed by atoms with Gasteiger partial charge in [0.1, 0.15) is 0 Å². The number of halogens is 1. The Bertz CT molecular complexity index is 949. The number of benzene rings is 2. The number of aliphatic carboxylic acids is 2. The molecule has 4 rings (SSSR count). The van der Waals surface area contributed by atoms with E-state index in [0.29, 0.717) is 0 Å². The number of carboxylic acids is 2. The number of anilines is 2. The normalized spacial score (nSPS) is 12.8. The second-order valence-electron chi connectivity index (χ2n) is 9.08. The standard InChI is InChI=1S/C11H15N.C8H10BrN.C3H7BO2.2C2H4O2.Pd/c1-7-5-10(9-3-4-9)6-8(2)11(7)12;1-5-3-7(9)4-6(2)8(5)10;5-4(6)3-1-2-3;2*1-2(3)4;/h5-6,9H,3-4,12H2,1-2H3;3-4H,10H2,1-2H3;3,5-6H,1-2H2;2*1H3,(H,3,4);. The van der Waals surface area contributed by atoms with Gasteiger partial charge in [-0.15, -0.1) is 0 Å². The van der Waals surface area contributed by atoms with Gasteiger partial charge in [0.05, 0.1) is 0 Å². The van der Waals surface area contributed by atoms with E-state index in [1.54, 1.807) is 0 Å². The van der Waals surface area contributed by atoms with E-state index < -0.39 is 19.1 Å². The number of carboxylic acid groups (broad SMARTS) is 2. The maximum Gasteiger partial charge on any atom is 0.454 e. The van der Waals surface area contributed by atoms with Crippen LogP contribution in [0.25, 0.3) is 0 Å². The third-order valence-electron chi connectivity index (χ3n) is 5.27. The number of nitrogens with two attached hydrogens (primary N) is 2. The Morgan fingerprint density at radius 2 is 1.08 bits per heavy atom. The van der Waals surface area contributed by atoms with Crippen LogP contribution >= 0.6 is 15.9 Å². The Balaban J connectivity index is 0. The minimum atomic E-state index is -1.04. The van der Waals surface area contributed by atoms with Crippen molar-refractivity contribution in [1.82, 2.24) is 0 Å². The second-order valence-corrected chi connectivity index (χ2v) is 10.0. The Hall–Kier alpha value is -1.89. The summed E-state index contributed by atoms with van der Waals surface area (Å²) in [6.07, 6.45) is 4.72. The summed E-state index contributed by atoms with van der Waals surface area (Å²) in [5.41, 5.74) is 19.7. The Kier molecular flexibility index (Phi) is 18.5. The van der Waals surface area contributed by atoms with Crippen LogP contribution in [0.3, 0.4) is 0 Å². The molecule has 0 aliphatic heterocycles. The maximum atomic E-state index is 9.00. The zero-order valence-corrected chi connectivity index (χ0v) is 25.5. The fourth-order valence-electron chi connectivity index (χ4n) is 2.98. The summed E-state index contributed by atoms with van der Waals surface area (Å²) < 4.78 is 1.09. The summed E-state index contributed by atoms with van der Waals surface area (Å²) in [7, 11) is -1.04. The summed E-state index contributed by atoms with van der Waals surface area (Å²) in [5.74, 6) is -0.618. The minimum Gasteiger partial charge on any atom is -0.481 e. The topological polar surface area (TPSA) is 167 Å². The van der Waals surface area contributed by atoms with Crippen LogP contribution < -0.4 is 11.5 Å². The summed E-state index contributed by atoms with van der Waals surface area (Å²) in [5, 5.41) is 31.3. The van der Waals surface area contributed by atoms with Crippen LogP contribution in [-0.4, -0.2) is 39.3 Å². The van der Waals surface area contributed by atoms with Gasteiger partial charge in [0.25, 0.3) is 11.9 Å². The quantitative estimate of drug-likeness (QED) is 0.187. The van der Waals surface area contributed by atoms with Gasteiger partial charge >= 0.3 is 7.12 Å². The minimum absolute atomic E-state index is 0. The Labute approximate surface area is 242 Å². The predicted octanol–water partition coefficient (Wildman–Crippen LogP) is 5.21. The fraction of sp³-hybridized carbons (Fsp3) is 0.462. The molecule has 2 aromatic rings. The van der Waals surface area contributed by atoms with Crippen molar-refractivity contribution in [2.45, 2.75) is 79.0 Å². The number of hydrogen-bond donors (Lipinski definition) is 6. The monoisotopic (exact) mass is 672 g/mol. The maximum absolute atomic E-state index is 9.00. The zero-order valence-electron chi connectivity index (χ0n) is 22.3. The molecule has 0 atom stereocenters. The van der Waals surface area contributed by atoms with Crippen LogP contribution in [0, 0.1) is 27.7 Å². The first-order chi connectivity index (χ1) is 16.6.